The summed E-state index contributed by atoms with van der Waals surface area (Å²) in [5.74, 6) is 1.65. The van der Waals surface area contributed by atoms with E-state index in [4.69, 9.17) is 9.47 Å². The zero-order valence-electron chi connectivity index (χ0n) is 7.83. The van der Waals surface area contributed by atoms with Crippen LogP contribution in [-0.2, 0) is 0 Å². The van der Waals surface area contributed by atoms with Crippen LogP contribution in [0.4, 0.5) is 5.69 Å². The molecule has 0 bridgehead atoms. The van der Waals surface area contributed by atoms with E-state index in [1.54, 1.807) is 0 Å². The Bertz CT molecular complexity index is 310. The van der Waals surface area contributed by atoms with Gasteiger partial charge in [0.2, 0.25) is 6.79 Å². The maximum absolute atomic E-state index is 5.35. The minimum absolute atomic E-state index is 0.326. The third-order valence-electron chi connectivity index (χ3n) is 1.84. The fraction of sp³-hybridized carbons (Fsp3) is 0.400. The Morgan fingerprint density at radius 3 is 2.92 bits per heavy atom. The minimum atomic E-state index is 0.326. The minimum Gasteiger partial charge on any atom is -0.454 e. The number of para-hydroxylation sites is 1. The van der Waals surface area contributed by atoms with Crippen LogP contribution in [-0.4, -0.2) is 12.8 Å². The molecule has 1 aliphatic rings. The molecule has 3 heteroatoms. The van der Waals surface area contributed by atoms with Crippen LogP contribution in [0.5, 0.6) is 11.5 Å². The monoisotopic (exact) mass is 179 g/mol. The van der Waals surface area contributed by atoms with Crippen molar-refractivity contribution in [2.24, 2.45) is 0 Å². The quantitative estimate of drug-likeness (QED) is 0.755. The van der Waals surface area contributed by atoms with Crippen LogP contribution in [0.3, 0.4) is 0 Å². The van der Waals surface area contributed by atoms with E-state index in [0.717, 1.165) is 17.2 Å². The second kappa shape index (κ2) is 3.17. The van der Waals surface area contributed by atoms with E-state index in [0.29, 0.717) is 12.8 Å². The van der Waals surface area contributed by atoms with E-state index < -0.39 is 0 Å². The molecule has 1 N–H and O–H groups in total. The standard InChI is InChI=1S/C10H13NO2/c1-7(2)11-8-4-3-5-9-10(8)13-6-12-9/h3-5,7,11H,6H2,1-2H3. The molecular formula is C10H13NO2. The molecule has 1 heterocycles. The van der Waals surface area contributed by atoms with Crippen molar-refractivity contribution >= 4 is 5.69 Å². The molecular weight excluding hydrogens is 166 g/mol. The molecule has 70 valence electrons. The van der Waals surface area contributed by atoms with Crippen molar-refractivity contribution in [2.45, 2.75) is 19.9 Å². The highest BCUT2D eigenvalue weighted by Gasteiger charge is 2.16. The predicted octanol–water partition coefficient (Wildman–Crippen LogP) is 2.24. The molecule has 0 saturated heterocycles. The van der Waals surface area contributed by atoms with E-state index in [-0.39, 0.29) is 0 Å². The molecule has 0 amide bonds. The number of benzene rings is 1. The number of fused-ring (bicyclic) bond motifs is 1. The molecule has 1 aromatic carbocycles. The lowest BCUT2D eigenvalue weighted by Crippen LogP contribution is -2.10. The molecule has 1 aliphatic heterocycles. The molecule has 0 spiro atoms. The van der Waals surface area contributed by atoms with Gasteiger partial charge in [0.15, 0.2) is 11.5 Å². The summed E-state index contributed by atoms with van der Waals surface area (Å²) in [5, 5.41) is 3.30. The van der Waals surface area contributed by atoms with Gasteiger partial charge in [-0.2, -0.15) is 0 Å². The lowest BCUT2D eigenvalue weighted by Gasteiger charge is -2.11. The fourth-order valence-corrected chi connectivity index (χ4v) is 1.35. The van der Waals surface area contributed by atoms with Crippen molar-refractivity contribution in [3.05, 3.63) is 18.2 Å². The van der Waals surface area contributed by atoms with Gasteiger partial charge in [0.05, 0.1) is 5.69 Å². The molecule has 0 fully saturated rings. The molecule has 0 unspecified atom stereocenters. The zero-order chi connectivity index (χ0) is 9.26. The summed E-state index contributed by atoms with van der Waals surface area (Å²) in [4.78, 5) is 0. The summed E-state index contributed by atoms with van der Waals surface area (Å²) in [6, 6.07) is 6.26. The summed E-state index contributed by atoms with van der Waals surface area (Å²) >= 11 is 0. The SMILES string of the molecule is CC(C)Nc1cccc2c1OCO2. The smallest absolute Gasteiger partial charge is 0.231 e. The second-order valence-electron chi connectivity index (χ2n) is 3.34. The van der Waals surface area contributed by atoms with E-state index >= 15 is 0 Å². The van der Waals surface area contributed by atoms with Gasteiger partial charge in [-0.3, -0.25) is 0 Å². The highest BCUT2D eigenvalue weighted by molar-refractivity contribution is 5.64. The largest absolute Gasteiger partial charge is 0.454 e. The third kappa shape index (κ3) is 1.54. The van der Waals surface area contributed by atoms with Gasteiger partial charge in [-0.25, -0.2) is 0 Å². The molecule has 0 saturated carbocycles. The van der Waals surface area contributed by atoms with Crippen molar-refractivity contribution < 1.29 is 9.47 Å². The summed E-state index contributed by atoms with van der Waals surface area (Å²) < 4.78 is 10.6. The Labute approximate surface area is 77.7 Å². The number of hydrogen-bond donors (Lipinski definition) is 1. The lowest BCUT2D eigenvalue weighted by molar-refractivity contribution is 0.174. The Morgan fingerprint density at radius 1 is 1.31 bits per heavy atom. The van der Waals surface area contributed by atoms with Gasteiger partial charge in [0, 0.05) is 6.04 Å². The average Bonchev–Trinajstić information content (AvgIpc) is 2.51. The molecule has 0 radical (unpaired) electrons. The summed E-state index contributed by atoms with van der Waals surface area (Å²) in [6.45, 7) is 4.51. The normalized spacial score (nSPS) is 13.5. The van der Waals surface area contributed by atoms with Gasteiger partial charge in [0.25, 0.3) is 0 Å². The molecule has 3 nitrogen and oxygen atoms in total. The van der Waals surface area contributed by atoms with Crippen molar-refractivity contribution in [3.8, 4) is 11.5 Å². The lowest BCUT2D eigenvalue weighted by atomic mass is 10.2. The molecule has 13 heavy (non-hydrogen) atoms. The zero-order valence-corrected chi connectivity index (χ0v) is 7.83. The summed E-state index contributed by atoms with van der Waals surface area (Å²) in [6.07, 6.45) is 0. The molecule has 0 aliphatic carbocycles. The summed E-state index contributed by atoms with van der Waals surface area (Å²) in [7, 11) is 0. The van der Waals surface area contributed by atoms with Crippen LogP contribution in [0.25, 0.3) is 0 Å². The van der Waals surface area contributed by atoms with E-state index in [1.165, 1.54) is 0 Å². The number of rotatable bonds is 2. The van der Waals surface area contributed by atoms with Crippen LogP contribution in [0, 0.1) is 0 Å². The number of nitrogens with one attached hydrogen (secondary N) is 1. The maximum atomic E-state index is 5.35. The van der Waals surface area contributed by atoms with Crippen LogP contribution in [0.1, 0.15) is 13.8 Å². The van der Waals surface area contributed by atoms with E-state index in [9.17, 15) is 0 Å². The Morgan fingerprint density at radius 2 is 2.15 bits per heavy atom. The van der Waals surface area contributed by atoms with Crippen LogP contribution >= 0.6 is 0 Å². The van der Waals surface area contributed by atoms with Gasteiger partial charge in [-0.1, -0.05) is 6.07 Å². The maximum Gasteiger partial charge on any atom is 0.231 e. The Hall–Kier alpha value is -1.38. The average molecular weight is 179 g/mol. The first-order valence-corrected chi connectivity index (χ1v) is 4.42. The van der Waals surface area contributed by atoms with Gasteiger partial charge in [-0.05, 0) is 26.0 Å². The molecule has 0 atom stereocenters. The topological polar surface area (TPSA) is 30.5 Å². The first-order chi connectivity index (χ1) is 6.27. The van der Waals surface area contributed by atoms with Crippen LogP contribution in [0.15, 0.2) is 18.2 Å². The van der Waals surface area contributed by atoms with Crippen molar-refractivity contribution in [1.29, 1.82) is 0 Å². The number of anilines is 1. The van der Waals surface area contributed by atoms with Crippen LogP contribution in [0.2, 0.25) is 0 Å². The first kappa shape index (κ1) is 8.23. The third-order valence-corrected chi connectivity index (χ3v) is 1.84. The highest BCUT2D eigenvalue weighted by Crippen LogP contribution is 2.38. The molecule has 2 rings (SSSR count). The molecule has 0 aromatic heterocycles. The molecule has 1 aromatic rings. The predicted molar refractivity (Wildman–Crippen MR) is 51.3 cm³/mol. The van der Waals surface area contributed by atoms with Crippen molar-refractivity contribution in [3.63, 3.8) is 0 Å². The first-order valence-electron chi connectivity index (χ1n) is 4.42. The highest BCUT2D eigenvalue weighted by atomic mass is 16.7. The number of hydrogen-bond acceptors (Lipinski definition) is 3. The van der Waals surface area contributed by atoms with Gasteiger partial charge < -0.3 is 14.8 Å². The number of ether oxygens (including phenoxy) is 2. The van der Waals surface area contributed by atoms with E-state index in [1.807, 2.05) is 18.2 Å². The van der Waals surface area contributed by atoms with Gasteiger partial charge in [0.1, 0.15) is 0 Å². The Balaban J connectivity index is 2.30. The van der Waals surface area contributed by atoms with Crippen molar-refractivity contribution in [1.82, 2.24) is 0 Å². The van der Waals surface area contributed by atoms with Gasteiger partial charge in [-0.15, -0.1) is 0 Å². The Kier molecular flexibility index (Phi) is 2.00. The van der Waals surface area contributed by atoms with Crippen LogP contribution < -0.4 is 14.8 Å². The van der Waals surface area contributed by atoms with Crippen molar-refractivity contribution in [2.75, 3.05) is 12.1 Å². The fourth-order valence-electron chi connectivity index (χ4n) is 1.35. The van der Waals surface area contributed by atoms with E-state index in [2.05, 4.69) is 19.2 Å². The summed E-state index contributed by atoms with van der Waals surface area (Å²) in [5.41, 5.74) is 1.00. The van der Waals surface area contributed by atoms with Gasteiger partial charge >= 0.3 is 0 Å². The second-order valence-corrected chi connectivity index (χ2v) is 3.34.